The van der Waals surface area contributed by atoms with Crippen LogP contribution in [-0.2, 0) is 10.8 Å². The molecule has 6 nitrogen and oxygen atoms in total. The van der Waals surface area contributed by atoms with E-state index in [4.69, 9.17) is 0 Å². The SMILES string of the molecule is CS(=O)CCNc1cc([N+](=O)[O-])ccn1. The molecular weight excluding hydrogens is 218 g/mol. The molecule has 0 aliphatic heterocycles. The number of hydrogen-bond acceptors (Lipinski definition) is 5. The topological polar surface area (TPSA) is 85.1 Å². The van der Waals surface area contributed by atoms with Gasteiger partial charge in [0.1, 0.15) is 5.82 Å². The van der Waals surface area contributed by atoms with Gasteiger partial charge in [0.25, 0.3) is 5.69 Å². The Morgan fingerprint density at radius 3 is 3.00 bits per heavy atom. The van der Waals surface area contributed by atoms with Crippen LogP contribution in [-0.4, -0.2) is 32.7 Å². The molecule has 0 fully saturated rings. The van der Waals surface area contributed by atoms with Crippen molar-refractivity contribution in [2.75, 3.05) is 23.9 Å². The summed E-state index contributed by atoms with van der Waals surface area (Å²) in [5, 5.41) is 13.3. The number of nitrogens with zero attached hydrogens (tertiary/aromatic N) is 2. The summed E-state index contributed by atoms with van der Waals surface area (Å²) in [6.07, 6.45) is 2.96. The van der Waals surface area contributed by atoms with Crippen LogP contribution >= 0.6 is 0 Å². The molecule has 1 heterocycles. The average Bonchev–Trinajstić information content (AvgIpc) is 2.17. The quantitative estimate of drug-likeness (QED) is 0.595. The lowest BCUT2D eigenvalue weighted by atomic mass is 10.4. The van der Waals surface area contributed by atoms with Crippen molar-refractivity contribution in [2.45, 2.75) is 0 Å². The molecule has 0 aromatic carbocycles. The zero-order valence-electron chi connectivity index (χ0n) is 8.17. The van der Waals surface area contributed by atoms with E-state index in [0.29, 0.717) is 18.1 Å². The number of nitro groups is 1. The Morgan fingerprint density at radius 2 is 2.40 bits per heavy atom. The minimum atomic E-state index is -0.878. The maximum absolute atomic E-state index is 10.8. The lowest BCUT2D eigenvalue weighted by molar-refractivity contribution is -0.384. The van der Waals surface area contributed by atoms with Crippen LogP contribution in [0.25, 0.3) is 0 Å². The second-order valence-electron chi connectivity index (χ2n) is 2.86. The zero-order valence-corrected chi connectivity index (χ0v) is 8.99. The maximum Gasteiger partial charge on any atom is 0.274 e. The Balaban J connectivity index is 2.58. The molecule has 1 rings (SSSR count). The summed E-state index contributed by atoms with van der Waals surface area (Å²) in [7, 11) is -0.878. The lowest BCUT2D eigenvalue weighted by Crippen LogP contribution is -2.10. The summed E-state index contributed by atoms with van der Waals surface area (Å²) in [6, 6.07) is 2.67. The molecule has 0 saturated heterocycles. The summed E-state index contributed by atoms with van der Waals surface area (Å²) < 4.78 is 10.8. The molecular formula is C8H11N3O3S. The predicted octanol–water partition coefficient (Wildman–Crippen LogP) is 0.780. The summed E-state index contributed by atoms with van der Waals surface area (Å²) in [5.74, 6) is 0.916. The minimum Gasteiger partial charge on any atom is -0.369 e. The number of rotatable bonds is 5. The van der Waals surface area contributed by atoms with Crippen LogP contribution in [0.5, 0.6) is 0 Å². The summed E-state index contributed by atoms with van der Waals surface area (Å²) in [4.78, 5) is 13.9. The van der Waals surface area contributed by atoms with Crippen LogP contribution in [0.15, 0.2) is 18.3 Å². The van der Waals surface area contributed by atoms with Gasteiger partial charge in [0.15, 0.2) is 0 Å². The standard InChI is InChI=1S/C8H11N3O3S/c1-15(14)5-4-10-8-6-7(11(12)13)2-3-9-8/h2-3,6H,4-5H2,1H3,(H,9,10). The number of pyridine rings is 1. The molecule has 1 aromatic rings. The van der Waals surface area contributed by atoms with E-state index in [1.165, 1.54) is 18.3 Å². The van der Waals surface area contributed by atoms with Gasteiger partial charge in [-0.15, -0.1) is 0 Å². The lowest BCUT2D eigenvalue weighted by Gasteiger charge is -2.02. The smallest absolute Gasteiger partial charge is 0.274 e. The highest BCUT2D eigenvalue weighted by atomic mass is 32.2. The zero-order chi connectivity index (χ0) is 11.3. The van der Waals surface area contributed by atoms with E-state index >= 15 is 0 Å². The second kappa shape index (κ2) is 5.40. The van der Waals surface area contributed by atoms with Crippen LogP contribution in [0.3, 0.4) is 0 Å². The molecule has 0 spiro atoms. The van der Waals surface area contributed by atoms with Gasteiger partial charge in [0.05, 0.1) is 11.0 Å². The molecule has 1 N–H and O–H groups in total. The van der Waals surface area contributed by atoms with Gasteiger partial charge in [-0.3, -0.25) is 14.3 Å². The third kappa shape index (κ3) is 4.03. The summed E-state index contributed by atoms with van der Waals surface area (Å²) >= 11 is 0. The Kier molecular flexibility index (Phi) is 4.17. The third-order valence-corrected chi connectivity index (χ3v) is 2.43. The molecule has 0 amide bonds. The highest BCUT2D eigenvalue weighted by Crippen LogP contribution is 2.13. The predicted molar refractivity (Wildman–Crippen MR) is 58.3 cm³/mol. The minimum absolute atomic E-state index is 0.00915. The molecule has 1 unspecified atom stereocenters. The molecule has 0 saturated carbocycles. The van der Waals surface area contributed by atoms with Crippen molar-refractivity contribution in [3.63, 3.8) is 0 Å². The van der Waals surface area contributed by atoms with Gasteiger partial charge in [-0.2, -0.15) is 0 Å². The third-order valence-electron chi connectivity index (χ3n) is 1.65. The first-order chi connectivity index (χ1) is 7.09. The van der Waals surface area contributed by atoms with Crippen molar-refractivity contribution in [1.29, 1.82) is 0 Å². The van der Waals surface area contributed by atoms with E-state index in [0.717, 1.165) is 0 Å². The second-order valence-corrected chi connectivity index (χ2v) is 4.42. The number of aromatic nitrogens is 1. The van der Waals surface area contributed by atoms with Gasteiger partial charge in [-0.1, -0.05) is 0 Å². The Morgan fingerprint density at radius 1 is 1.67 bits per heavy atom. The van der Waals surface area contributed by atoms with Crippen LogP contribution in [0.1, 0.15) is 0 Å². The molecule has 1 aromatic heterocycles. The Hall–Kier alpha value is -1.50. The van der Waals surface area contributed by atoms with Crippen molar-refractivity contribution in [3.05, 3.63) is 28.4 Å². The first-order valence-corrected chi connectivity index (χ1v) is 5.96. The van der Waals surface area contributed by atoms with Crippen LogP contribution in [0.4, 0.5) is 11.5 Å². The monoisotopic (exact) mass is 229 g/mol. The van der Waals surface area contributed by atoms with E-state index in [-0.39, 0.29) is 5.69 Å². The van der Waals surface area contributed by atoms with Crippen molar-refractivity contribution < 1.29 is 9.13 Å². The van der Waals surface area contributed by atoms with E-state index < -0.39 is 15.7 Å². The van der Waals surface area contributed by atoms with E-state index in [1.54, 1.807) is 6.26 Å². The molecule has 82 valence electrons. The van der Waals surface area contributed by atoms with E-state index in [1.807, 2.05) is 0 Å². The largest absolute Gasteiger partial charge is 0.369 e. The van der Waals surface area contributed by atoms with Crippen molar-refractivity contribution >= 4 is 22.3 Å². The van der Waals surface area contributed by atoms with Gasteiger partial charge in [0.2, 0.25) is 0 Å². The number of nitrogens with one attached hydrogen (secondary N) is 1. The molecule has 15 heavy (non-hydrogen) atoms. The molecule has 0 aliphatic rings. The number of anilines is 1. The number of hydrogen-bond donors (Lipinski definition) is 1. The molecule has 0 radical (unpaired) electrons. The fraction of sp³-hybridized carbons (Fsp3) is 0.375. The van der Waals surface area contributed by atoms with E-state index in [9.17, 15) is 14.3 Å². The summed E-state index contributed by atoms with van der Waals surface area (Å²) in [6.45, 7) is 0.483. The van der Waals surface area contributed by atoms with Crippen molar-refractivity contribution in [3.8, 4) is 0 Å². The van der Waals surface area contributed by atoms with Crippen LogP contribution < -0.4 is 5.32 Å². The van der Waals surface area contributed by atoms with Crippen molar-refractivity contribution in [1.82, 2.24) is 4.98 Å². The van der Waals surface area contributed by atoms with Crippen LogP contribution in [0, 0.1) is 10.1 Å². The van der Waals surface area contributed by atoms with Gasteiger partial charge in [-0.05, 0) is 0 Å². The normalized spacial score (nSPS) is 12.1. The molecule has 0 bridgehead atoms. The van der Waals surface area contributed by atoms with Gasteiger partial charge in [-0.25, -0.2) is 4.98 Å². The summed E-state index contributed by atoms with van der Waals surface area (Å²) in [5.41, 5.74) is -0.00915. The fourth-order valence-electron chi connectivity index (χ4n) is 0.952. The first-order valence-electron chi connectivity index (χ1n) is 4.24. The molecule has 0 aliphatic carbocycles. The van der Waals surface area contributed by atoms with Crippen molar-refractivity contribution in [2.24, 2.45) is 0 Å². The fourth-order valence-corrected chi connectivity index (χ4v) is 1.34. The Labute approximate surface area is 89.3 Å². The highest BCUT2D eigenvalue weighted by molar-refractivity contribution is 7.84. The highest BCUT2D eigenvalue weighted by Gasteiger charge is 2.05. The molecule has 7 heteroatoms. The van der Waals surface area contributed by atoms with Gasteiger partial charge < -0.3 is 5.32 Å². The van der Waals surface area contributed by atoms with E-state index in [2.05, 4.69) is 10.3 Å². The van der Waals surface area contributed by atoms with Gasteiger partial charge in [0, 0.05) is 41.6 Å². The average molecular weight is 229 g/mol. The van der Waals surface area contributed by atoms with Crippen LogP contribution in [0.2, 0.25) is 0 Å². The van der Waals surface area contributed by atoms with Gasteiger partial charge >= 0.3 is 0 Å². The maximum atomic E-state index is 10.8. The molecule has 1 atom stereocenters. The first kappa shape index (κ1) is 11.6. The Bertz CT molecular complexity index is 383.